The van der Waals surface area contributed by atoms with E-state index in [2.05, 4.69) is 6.92 Å². The van der Waals surface area contributed by atoms with Gasteiger partial charge in [-0.15, -0.1) is 0 Å². The molecule has 74 valence electrons. The average molecular weight is 190 g/mol. The quantitative estimate of drug-likeness (QED) is 0.789. The molecule has 0 amide bonds. The fourth-order valence-electron chi connectivity index (χ4n) is 1.07. The Morgan fingerprint density at radius 3 is 2.57 bits per heavy atom. The second-order valence-corrected chi connectivity index (χ2v) is 3.02. The molecule has 0 fully saturated rings. The van der Waals surface area contributed by atoms with Crippen LogP contribution in [0.15, 0.2) is 24.3 Å². The largest absolute Gasteiger partial charge is 0.494 e. The van der Waals surface area contributed by atoms with Gasteiger partial charge in [-0.1, -0.05) is 19.1 Å². The lowest BCUT2D eigenvalue weighted by molar-refractivity contribution is 0.317. The normalized spacial score (nSPS) is 11.8. The second-order valence-electron chi connectivity index (χ2n) is 3.02. The average Bonchev–Trinajstić information content (AvgIpc) is 2.26. The molecule has 1 aromatic carbocycles. The molecule has 0 aliphatic heterocycles. The molecule has 0 heterocycles. The summed E-state index contributed by atoms with van der Waals surface area (Å²) < 4.78 is 5.40. The van der Waals surface area contributed by atoms with E-state index in [-0.39, 0.29) is 0 Å². The fourth-order valence-corrected chi connectivity index (χ4v) is 1.07. The Labute approximate surface area is 84.1 Å². The van der Waals surface area contributed by atoms with Gasteiger partial charge >= 0.3 is 0 Å². The number of benzene rings is 1. The lowest BCUT2D eigenvalue weighted by Gasteiger charge is -2.06. The number of ether oxygens (including phenoxy) is 1. The molecule has 0 aliphatic rings. The van der Waals surface area contributed by atoms with Crippen molar-refractivity contribution >= 4 is 0 Å². The third-order valence-corrected chi connectivity index (χ3v) is 1.85. The van der Waals surface area contributed by atoms with Crippen molar-refractivity contribution < 1.29 is 4.74 Å². The zero-order valence-corrected chi connectivity index (χ0v) is 8.23. The summed E-state index contributed by atoms with van der Waals surface area (Å²) in [6.45, 7) is 2.77. The van der Waals surface area contributed by atoms with Crippen molar-refractivity contribution in [3.63, 3.8) is 0 Å². The summed E-state index contributed by atoms with van der Waals surface area (Å²) in [5.41, 5.74) is 6.36. The lowest BCUT2D eigenvalue weighted by atomic mass is 10.1. The van der Waals surface area contributed by atoms with Gasteiger partial charge in [0.1, 0.15) is 11.8 Å². The van der Waals surface area contributed by atoms with Crippen LogP contribution in [-0.4, -0.2) is 6.61 Å². The van der Waals surface area contributed by atoms with Crippen molar-refractivity contribution in [1.29, 1.82) is 5.26 Å². The maximum atomic E-state index is 8.59. The molecule has 0 bridgehead atoms. The van der Waals surface area contributed by atoms with Crippen LogP contribution in [0.3, 0.4) is 0 Å². The highest BCUT2D eigenvalue weighted by Crippen LogP contribution is 2.15. The van der Waals surface area contributed by atoms with Crippen LogP contribution in [0, 0.1) is 11.3 Å². The molecule has 0 aliphatic carbocycles. The Bertz CT molecular complexity index is 313. The van der Waals surface area contributed by atoms with Gasteiger partial charge in [0.25, 0.3) is 0 Å². The van der Waals surface area contributed by atoms with Gasteiger partial charge in [-0.05, 0) is 24.1 Å². The van der Waals surface area contributed by atoms with Crippen LogP contribution in [0.5, 0.6) is 5.75 Å². The van der Waals surface area contributed by atoms with Crippen molar-refractivity contribution in [2.45, 2.75) is 19.4 Å². The summed E-state index contributed by atoms with van der Waals surface area (Å²) in [7, 11) is 0. The SMILES string of the molecule is CCCOc1ccc(C(N)C#N)cc1. The highest BCUT2D eigenvalue weighted by molar-refractivity contribution is 5.31. The highest BCUT2D eigenvalue weighted by Gasteiger charge is 2.03. The van der Waals surface area contributed by atoms with E-state index in [0.29, 0.717) is 6.61 Å². The van der Waals surface area contributed by atoms with Crippen molar-refractivity contribution in [2.75, 3.05) is 6.61 Å². The second kappa shape index (κ2) is 5.25. The summed E-state index contributed by atoms with van der Waals surface area (Å²) in [4.78, 5) is 0. The van der Waals surface area contributed by atoms with Crippen molar-refractivity contribution in [2.24, 2.45) is 5.73 Å². The Morgan fingerprint density at radius 2 is 2.07 bits per heavy atom. The Morgan fingerprint density at radius 1 is 1.43 bits per heavy atom. The monoisotopic (exact) mass is 190 g/mol. The molecule has 3 nitrogen and oxygen atoms in total. The van der Waals surface area contributed by atoms with Crippen LogP contribution < -0.4 is 10.5 Å². The number of hydrogen-bond acceptors (Lipinski definition) is 3. The van der Waals surface area contributed by atoms with E-state index in [9.17, 15) is 0 Å². The van der Waals surface area contributed by atoms with Crippen molar-refractivity contribution in [3.05, 3.63) is 29.8 Å². The van der Waals surface area contributed by atoms with Gasteiger partial charge < -0.3 is 10.5 Å². The van der Waals surface area contributed by atoms with Crippen molar-refractivity contribution in [1.82, 2.24) is 0 Å². The van der Waals surface area contributed by atoms with Crippen LogP contribution in [0.4, 0.5) is 0 Å². The van der Waals surface area contributed by atoms with Gasteiger partial charge in [0, 0.05) is 0 Å². The van der Waals surface area contributed by atoms with Crippen LogP contribution >= 0.6 is 0 Å². The molecule has 0 saturated carbocycles. The molecular weight excluding hydrogens is 176 g/mol. The first-order valence-electron chi connectivity index (χ1n) is 4.66. The van der Waals surface area contributed by atoms with Crippen molar-refractivity contribution in [3.8, 4) is 11.8 Å². The molecule has 0 radical (unpaired) electrons. The van der Waals surface area contributed by atoms with Gasteiger partial charge in [-0.2, -0.15) is 5.26 Å². The molecular formula is C11H14N2O. The van der Waals surface area contributed by atoms with E-state index in [4.69, 9.17) is 15.7 Å². The minimum absolute atomic E-state index is 0.546. The van der Waals surface area contributed by atoms with Gasteiger partial charge in [-0.25, -0.2) is 0 Å². The number of nitrogens with zero attached hydrogens (tertiary/aromatic N) is 1. The van der Waals surface area contributed by atoms with E-state index in [1.807, 2.05) is 30.3 Å². The molecule has 1 atom stereocenters. The number of nitriles is 1. The Balaban J connectivity index is 2.65. The molecule has 2 N–H and O–H groups in total. The summed E-state index contributed by atoms with van der Waals surface area (Å²) in [5.74, 6) is 0.820. The van der Waals surface area contributed by atoms with Crippen LogP contribution in [0.1, 0.15) is 24.9 Å². The van der Waals surface area contributed by atoms with E-state index < -0.39 is 6.04 Å². The van der Waals surface area contributed by atoms with E-state index >= 15 is 0 Å². The van der Waals surface area contributed by atoms with Crippen LogP contribution in [0.2, 0.25) is 0 Å². The summed E-state index contributed by atoms with van der Waals surface area (Å²) in [5, 5.41) is 8.59. The van der Waals surface area contributed by atoms with Crippen LogP contribution in [0.25, 0.3) is 0 Å². The minimum Gasteiger partial charge on any atom is -0.494 e. The molecule has 1 aromatic rings. The minimum atomic E-state index is -0.546. The molecule has 0 spiro atoms. The standard InChI is InChI=1S/C11H14N2O/c1-2-7-14-10-5-3-9(4-6-10)11(13)8-12/h3-6,11H,2,7,13H2,1H3. The van der Waals surface area contributed by atoms with Gasteiger partial charge in [-0.3, -0.25) is 0 Å². The number of rotatable bonds is 4. The summed E-state index contributed by atoms with van der Waals surface area (Å²) in [6.07, 6.45) is 0.986. The maximum absolute atomic E-state index is 8.59. The fraction of sp³-hybridized carbons (Fsp3) is 0.364. The van der Waals surface area contributed by atoms with E-state index in [1.165, 1.54) is 0 Å². The first-order valence-corrected chi connectivity index (χ1v) is 4.66. The maximum Gasteiger partial charge on any atom is 0.119 e. The first kappa shape index (κ1) is 10.6. The van der Waals surface area contributed by atoms with Gasteiger partial charge in [0.2, 0.25) is 0 Å². The molecule has 0 aromatic heterocycles. The van der Waals surface area contributed by atoms with Crippen LogP contribution in [-0.2, 0) is 0 Å². The number of hydrogen-bond donors (Lipinski definition) is 1. The zero-order chi connectivity index (χ0) is 10.4. The number of nitrogens with two attached hydrogens (primary N) is 1. The highest BCUT2D eigenvalue weighted by atomic mass is 16.5. The smallest absolute Gasteiger partial charge is 0.119 e. The first-order chi connectivity index (χ1) is 6.77. The van der Waals surface area contributed by atoms with Gasteiger partial charge in [0.05, 0.1) is 12.7 Å². The zero-order valence-electron chi connectivity index (χ0n) is 8.23. The molecule has 1 rings (SSSR count). The summed E-state index contributed by atoms with van der Waals surface area (Å²) >= 11 is 0. The molecule has 1 unspecified atom stereocenters. The van der Waals surface area contributed by atoms with Gasteiger partial charge in [0.15, 0.2) is 0 Å². The Hall–Kier alpha value is -1.53. The molecule has 14 heavy (non-hydrogen) atoms. The lowest BCUT2D eigenvalue weighted by Crippen LogP contribution is -2.06. The third kappa shape index (κ3) is 2.75. The van der Waals surface area contributed by atoms with E-state index in [0.717, 1.165) is 17.7 Å². The molecule has 3 heteroatoms. The topological polar surface area (TPSA) is 59.0 Å². The Kier molecular flexibility index (Phi) is 3.96. The molecule has 0 saturated heterocycles. The predicted octanol–water partition coefficient (Wildman–Crippen LogP) is 2.00. The summed E-state index contributed by atoms with van der Waals surface area (Å²) in [6, 6.07) is 8.74. The van der Waals surface area contributed by atoms with E-state index in [1.54, 1.807) is 0 Å². The predicted molar refractivity (Wildman–Crippen MR) is 54.8 cm³/mol. The third-order valence-electron chi connectivity index (χ3n) is 1.85.